The number of aliphatic hydroxyl groups is 2. The van der Waals surface area contributed by atoms with E-state index in [0.717, 1.165) is 38.5 Å². The Labute approximate surface area is 229 Å². The molecule has 0 bridgehead atoms. The van der Waals surface area contributed by atoms with Crippen LogP contribution in [0.2, 0.25) is 0 Å². The van der Waals surface area contributed by atoms with E-state index in [4.69, 9.17) is 11.5 Å². The van der Waals surface area contributed by atoms with E-state index in [1.165, 1.54) is 96.3 Å². The van der Waals surface area contributed by atoms with Crippen molar-refractivity contribution in [3.8, 4) is 47.9 Å². The minimum absolute atomic E-state index is 0.103. The Morgan fingerprint density at radius 2 is 1.03 bits per heavy atom. The number of hydrogen-bond acceptors (Lipinski definition) is 2. The van der Waals surface area contributed by atoms with Crippen LogP contribution < -0.4 is 0 Å². The van der Waals surface area contributed by atoms with Crippen molar-refractivity contribution in [2.24, 2.45) is 0 Å². The predicted molar refractivity (Wildman–Crippen MR) is 160 cm³/mol. The Morgan fingerprint density at radius 1 is 0.568 bits per heavy atom. The summed E-state index contributed by atoms with van der Waals surface area (Å²) in [6.45, 7) is -0.103. The fraction of sp³-hybridized carbons (Fsp3) is 0.657. The number of allylic oxidation sites excluding steroid dienone is 3. The number of hydrogen-bond donors (Lipinski definition) is 2. The summed E-state index contributed by atoms with van der Waals surface area (Å²) in [5.41, 5.74) is 0. The molecule has 37 heavy (non-hydrogen) atoms. The van der Waals surface area contributed by atoms with Crippen molar-refractivity contribution in [2.75, 3.05) is 6.61 Å². The molecule has 2 heteroatoms. The molecular weight excluding hydrogens is 452 g/mol. The van der Waals surface area contributed by atoms with E-state index in [2.05, 4.69) is 47.5 Å². The highest BCUT2D eigenvalue weighted by atomic mass is 16.3. The smallest absolute Gasteiger partial charge is 0.133 e. The molecular formula is C35H52O2. The Balaban J connectivity index is 3.28. The molecule has 0 heterocycles. The van der Waals surface area contributed by atoms with Crippen LogP contribution in [0.15, 0.2) is 24.3 Å². The number of terminal acetylenes is 1. The molecule has 204 valence electrons. The van der Waals surface area contributed by atoms with Crippen molar-refractivity contribution in [1.29, 1.82) is 0 Å². The molecule has 0 saturated carbocycles. The lowest BCUT2D eigenvalue weighted by Gasteiger charge is -2.02. The van der Waals surface area contributed by atoms with E-state index >= 15 is 0 Å². The second-order valence-electron chi connectivity index (χ2n) is 9.61. The highest BCUT2D eigenvalue weighted by Gasteiger charge is 1.94. The minimum Gasteiger partial charge on any atom is -0.384 e. The molecule has 0 aromatic carbocycles. The minimum atomic E-state index is -0.733. The van der Waals surface area contributed by atoms with Gasteiger partial charge < -0.3 is 10.2 Å². The maximum Gasteiger partial charge on any atom is 0.133 e. The lowest BCUT2D eigenvalue weighted by molar-refractivity contribution is 0.280. The molecule has 0 aliphatic heterocycles. The first-order valence-corrected chi connectivity index (χ1v) is 14.8. The number of unbranched alkanes of at least 4 members (excludes halogenated alkanes) is 19. The van der Waals surface area contributed by atoms with E-state index in [0.29, 0.717) is 0 Å². The molecule has 0 radical (unpaired) electrons. The molecule has 0 spiro atoms. The Kier molecular flexibility index (Phi) is 29.6. The summed E-state index contributed by atoms with van der Waals surface area (Å²) < 4.78 is 0. The summed E-state index contributed by atoms with van der Waals surface area (Å²) in [6.07, 6.45) is 38.5. The van der Waals surface area contributed by atoms with E-state index < -0.39 is 6.10 Å². The van der Waals surface area contributed by atoms with Crippen LogP contribution >= 0.6 is 0 Å². The first kappa shape index (κ1) is 34.6. The average Bonchev–Trinajstić information content (AvgIpc) is 2.91. The Bertz CT molecular complexity index is 779. The lowest BCUT2D eigenvalue weighted by Crippen LogP contribution is -1.95. The predicted octanol–water partition coefficient (Wildman–Crippen LogP) is 8.29. The van der Waals surface area contributed by atoms with E-state index in [-0.39, 0.29) is 6.61 Å². The molecule has 2 N–H and O–H groups in total. The maximum absolute atomic E-state index is 9.22. The zero-order chi connectivity index (χ0) is 26.9. The zero-order valence-corrected chi connectivity index (χ0v) is 23.4. The van der Waals surface area contributed by atoms with Crippen LogP contribution in [0.4, 0.5) is 0 Å². The van der Waals surface area contributed by atoms with Gasteiger partial charge in [0, 0.05) is 12.8 Å². The normalized spacial score (nSPS) is 11.3. The van der Waals surface area contributed by atoms with E-state index in [1.807, 2.05) is 12.2 Å². The zero-order valence-electron chi connectivity index (χ0n) is 23.4. The molecule has 2 nitrogen and oxygen atoms in total. The van der Waals surface area contributed by atoms with Gasteiger partial charge in [-0.25, -0.2) is 0 Å². The Hall–Kier alpha value is -2.36. The topological polar surface area (TPSA) is 40.5 Å². The van der Waals surface area contributed by atoms with Gasteiger partial charge in [0.2, 0.25) is 0 Å². The standard InChI is InChI=1S/C35H52O2/c1-2-35(37)33-31-29-27-25-23-21-19-17-15-13-11-9-7-5-3-4-6-8-10-12-14-16-18-20-22-24-26-28-30-32-34-36/h1,9,11,31,33,35-37H,3-8,10,12,14,16-25,27,29,34H2/b11-9-,33-31+/t35-/m0/s1. The molecule has 0 aliphatic rings. The molecule has 0 amide bonds. The van der Waals surface area contributed by atoms with Crippen LogP contribution in [-0.4, -0.2) is 22.9 Å². The van der Waals surface area contributed by atoms with Crippen molar-refractivity contribution < 1.29 is 10.2 Å². The third kappa shape index (κ3) is 31.6. The van der Waals surface area contributed by atoms with Gasteiger partial charge in [0.05, 0.1) is 0 Å². The maximum atomic E-state index is 9.22. The van der Waals surface area contributed by atoms with Gasteiger partial charge in [0.1, 0.15) is 12.7 Å². The van der Waals surface area contributed by atoms with Gasteiger partial charge in [0.25, 0.3) is 0 Å². The van der Waals surface area contributed by atoms with Crippen molar-refractivity contribution in [2.45, 2.75) is 141 Å². The van der Waals surface area contributed by atoms with Crippen molar-refractivity contribution >= 4 is 0 Å². The third-order valence-corrected chi connectivity index (χ3v) is 6.21. The molecule has 0 unspecified atom stereocenters. The van der Waals surface area contributed by atoms with Gasteiger partial charge in [-0.1, -0.05) is 125 Å². The summed E-state index contributed by atoms with van der Waals surface area (Å²) in [6, 6.07) is 0. The van der Waals surface area contributed by atoms with Crippen molar-refractivity contribution in [3.05, 3.63) is 24.3 Å². The van der Waals surface area contributed by atoms with Gasteiger partial charge in [0.15, 0.2) is 0 Å². The van der Waals surface area contributed by atoms with Crippen LogP contribution in [0.1, 0.15) is 135 Å². The van der Waals surface area contributed by atoms with Crippen LogP contribution in [0.5, 0.6) is 0 Å². The highest BCUT2D eigenvalue weighted by Crippen LogP contribution is 2.13. The molecule has 0 aliphatic carbocycles. The molecule has 0 saturated heterocycles. The summed E-state index contributed by atoms with van der Waals surface area (Å²) in [7, 11) is 0. The summed E-state index contributed by atoms with van der Waals surface area (Å²) in [4.78, 5) is 0. The summed E-state index contributed by atoms with van der Waals surface area (Å²) >= 11 is 0. The fourth-order valence-corrected chi connectivity index (χ4v) is 3.99. The van der Waals surface area contributed by atoms with Crippen LogP contribution in [0, 0.1) is 47.9 Å². The quantitative estimate of drug-likeness (QED) is 0.0884. The fourth-order valence-electron chi connectivity index (χ4n) is 3.99. The largest absolute Gasteiger partial charge is 0.384 e. The first-order chi connectivity index (χ1) is 18.3. The van der Waals surface area contributed by atoms with E-state index in [9.17, 15) is 5.11 Å². The average molecular weight is 505 g/mol. The van der Waals surface area contributed by atoms with Gasteiger partial charge in [-0.3, -0.25) is 0 Å². The van der Waals surface area contributed by atoms with Gasteiger partial charge in [-0.15, -0.1) is 6.42 Å². The third-order valence-electron chi connectivity index (χ3n) is 6.21. The van der Waals surface area contributed by atoms with Gasteiger partial charge in [-0.05, 0) is 62.5 Å². The van der Waals surface area contributed by atoms with Crippen LogP contribution in [0.3, 0.4) is 0 Å². The number of rotatable bonds is 22. The molecule has 0 aromatic rings. The molecule has 0 aromatic heterocycles. The highest BCUT2D eigenvalue weighted by molar-refractivity contribution is 5.25. The molecule has 0 fully saturated rings. The van der Waals surface area contributed by atoms with E-state index in [1.54, 1.807) is 6.08 Å². The van der Waals surface area contributed by atoms with Gasteiger partial charge >= 0.3 is 0 Å². The molecule has 0 rings (SSSR count). The molecule has 1 atom stereocenters. The SMILES string of the molecule is C#C[C@H](O)/C=C/CCCCCCCC#C/C=C\CCCCCCCCCCCCCCC#CC#CCO. The van der Waals surface area contributed by atoms with Crippen LogP contribution in [-0.2, 0) is 0 Å². The summed E-state index contributed by atoms with van der Waals surface area (Å²) in [5, 5.41) is 17.7. The summed E-state index contributed by atoms with van der Waals surface area (Å²) in [5.74, 6) is 19.7. The lowest BCUT2D eigenvalue weighted by atomic mass is 10.0. The second-order valence-corrected chi connectivity index (χ2v) is 9.61. The van der Waals surface area contributed by atoms with Crippen LogP contribution in [0.25, 0.3) is 0 Å². The second kappa shape index (κ2) is 31.7. The monoisotopic (exact) mass is 504 g/mol. The number of aliphatic hydroxyl groups excluding tert-OH is 2. The first-order valence-electron chi connectivity index (χ1n) is 14.8. The van der Waals surface area contributed by atoms with Crippen molar-refractivity contribution in [3.63, 3.8) is 0 Å². The van der Waals surface area contributed by atoms with Gasteiger partial charge in [-0.2, -0.15) is 0 Å². The Morgan fingerprint density at radius 3 is 1.57 bits per heavy atom. The van der Waals surface area contributed by atoms with Crippen molar-refractivity contribution in [1.82, 2.24) is 0 Å².